The van der Waals surface area contributed by atoms with Crippen LogP contribution in [0.25, 0.3) is 0 Å². The number of halogens is 1. The number of aryl methyl sites for hydroxylation is 1. The van der Waals surface area contributed by atoms with E-state index in [0.717, 1.165) is 24.5 Å². The van der Waals surface area contributed by atoms with Crippen LogP contribution in [0, 0.1) is 0 Å². The van der Waals surface area contributed by atoms with Crippen LogP contribution >= 0.6 is 24.0 Å². The fraction of sp³-hybridized carbons (Fsp3) is 0.333. The highest BCUT2D eigenvalue weighted by atomic mass is 127. The standard InChI is InChI=1S/C21H28N4O.HI/c1-5-17-8-6-7-9-19(17)15-24-21(22-2)23-14-16-10-12-18(13-11-16)20(26)25(3)4;/h6-13H,5,14-15H2,1-4H3,(H2,22,23,24);1H. The number of benzene rings is 2. The van der Waals surface area contributed by atoms with Crippen molar-refractivity contribution in [3.63, 3.8) is 0 Å². The van der Waals surface area contributed by atoms with Gasteiger partial charge in [0, 0.05) is 39.8 Å². The maximum absolute atomic E-state index is 11.9. The monoisotopic (exact) mass is 480 g/mol. The second-order valence-electron chi connectivity index (χ2n) is 6.30. The van der Waals surface area contributed by atoms with Gasteiger partial charge in [-0.1, -0.05) is 43.3 Å². The Morgan fingerprint density at radius 1 is 0.963 bits per heavy atom. The molecule has 0 fully saturated rings. The van der Waals surface area contributed by atoms with Gasteiger partial charge in [0.25, 0.3) is 5.91 Å². The van der Waals surface area contributed by atoms with E-state index in [9.17, 15) is 4.79 Å². The number of hydrogen-bond acceptors (Lipinski definition) is 2. The molecule has 27 heavy (non-hydrogen) atoms. The van der Waals surface area contributed by atoms with Crippen LogP contribution in [-0.2, 0) is 19.5 Å². The summed E-state index contributed by atoms with van der Waals surface area (Å²) in [6, 6.07) is 16.1. The van der Waals surface area contributed by atoms with E-state index in [2.05, 4.69) is 46.8 Å². The lowest BCUT2D eigenvalue weighted by atomic mass is 10.1. The van der Waals surface area contributed by atoms with E-state index in [0.29, 0.717) is 12.1 Å². The molecule has 0 aliphatic heterocycles. The fourth-order valence-corrected chi connectivity index (χ4v) is 2.68. The molecule has 0 bridgehead atoms. The first-order valence-electron chi connectivity index (χ1n) is 8.87. The Labute approximate surface area is 179 Å². The lowest BCUT2D eigenvalue weighted by Crippen LogP contribution is -2.36. The summed E-state index contributed by atoms with van der Waals surface area (Å²) in [5, 5.41) is 6.66. The van der Waals surface area contributed by atoms with Crippen LogP contribution in [0.15, 0.2) is 53.5 Å². The smallest absolute Gasteiger partial charge is 0.253 e. The van der Waals surface area contributed by atoms with E-state index in [1.54, 1.807) is 26.0 Å². The van der Waals surface area contributed by atoms with Crippen LogP contribution in [0.2, 0.25) is 0 Å². The third-order valence-corrected chi connectivity index (χ3v) is 4.24. The number of aliphatic imine (C=N–C) groups is 1. The van der Waals surface area contributed by atoms with Crippen molar-refractivity contribution in [2.45, 2.75) is 26.4 Å². The van der Waals surface area contributed by atoms with Crippen molar-refractivity contribution in [3.8, 4) is 0 Å². The third-order valence-electron chi connectivity index (χ3n) is 4.24. The minimum atomic E-state index is 0. The Balaban J connectivity index is 0.00000364. The molecule has 2 rings (SSSR count). The molecule has 0 unspecified atom stereocenters. The highest BCUT2D eigenvalue weighted by Gasteiger charge is 2.07. The van der Waals surface area contributed by atoms with Gasteiger partial charge in [0.05, 0.1) is 0 Å². The summed E-state index contributed by atoms with van der Waals surface area (Å²) in [4.78, 5) is 17.8. The Bertz CT molecular complexity index is 757. The maximum atomic E-state index is 11.9. The third kappa shape index (κ3) is 6.86. The molecule has 2 N–H and O–H groups in total. The van der Waals surface area contributed by atoms with Crippen LogP contribution < -0.4 is 10.6 Å². The molecule has 0 spiro atoms. The number of nitrogens with zero attached hydrogens (tertiary/aromatic N) is 2. The highest BCUT2D eigenvalue weighted by molar-refractivity contribution is 14.0. The van der Waals surface area contributed by atoms with Gasteiger partial charge in [-0.25, -0.2) is 0 Å². The summed E-state index contributed by atoms with van der Waals surface area (Å²) >= 11 is 0. The molecule has 146 valence electrons. The largest absolute Gasteiger partial charge is 0.352 e. The van der Waals surface area contributed by atoms with Crippen molar-refractivity contribution in [2.24, 2.45) is 4.99 Å². The van der Waals surface area contributed by atoms with Crippen molar-refractivity contribution in [3.05, 3.63) is 70.8 Å². The van der Waals surface area contributed by atoms with Gasteiger partial charge in [-0.3, -0.25) is 9.79 Å². The zero-order chi connectivity index (χ0) is 18.9. The molecular formula is C21H29IN4O. The minimum absolute atomic E-state index is 0. The summed E-state index contributed by atoms with van der Waals surface area (Å²) in [5.74, 6) is 0.765. The fourth-order valence-electron chi connectivity index (χ4n) is 2.68. The van der Waals surface area contributed by atoms with Gasteiger partial charge in [0.15, 0.2) is 5.96 Å². The number of guanidine groups is 1. The van der Waals surface area contributed by atoms with Crippen LogP contribution in [0.5, 0.6) is 0 Å². The predicted octanol–water partition coefficient (Wildman–Crippen LogP) is 3.43. The molecule has 0 heterocycles. The number of nitrogens with one attached hydrogen (secondary N) is 2. The summed E-state index contributed by atoms with van der Waals surface area (Å²) < 4.78 is 0. The molecule has 0 saturated heterocycles. The number of amides is 1. The molecule has 0 aliphatic rings. The zero-order valence-corrected chi connectivity index (χ0v) is 18.8. The van der Waals surface area contributed by atoms with Crippen LogP contribution in [-0.4, -0.2) is 37.9 Å². The first kappa shape index (κ1) is 23.0. The molecule has 0 radical (unpaired) electrons. The second-order valence-corrected chi connectivity index (χ2v) is 6.30. The SMILES string of the molecule is CCc1ccccc1CNC(=NC)NCc1ccc(C(=O)N(C)C)cc1.I. The predicted molar refractivity (Wildman–Crippen MR) is 123 cm³/mol. The molecule has 6 heteroatoms. The Kier molecular flexibility index (Phi) is 9.85. The van der Waals surface area contributed by atoms with E-state index < -0.39 is 0 Å². The van der Waals surface area contributed by atoms with Crippen molar-refractivity contribution < 1.29 is 4.79 Å². The highest BCUT2D eigenvalue weighted by Crippen LogP contribution is 2.09. The lowest BCUT2D eigenvalue weighted by molar-refractivity contribution is 0.0827. The van der Waals surface area contributed by atoms with Crippen molar-refractivity contribution in [2.75, 3.05) is 21.1 Å². The van der Waals surface area contributed by atoms with Crippen molar-refractivity contribution in [1.29, 1.82) is 0 Å². The summed E-state index contributed by atoms with van der Waals surface area (Å²) in [7, 11) is 5.27. The lowest BCUT2D eigenvalue weighted by Gasteiger charge is -2.14. The topological polar surface area (TPSA) is 56.7 Å². The molecule has 0 saturated carbocycles. The first-order chi connectivity index (χ1) is 12.5. The van der Waals surface area contributed by atoms with Gasteiger partial charge in [-0.15, -0.1) is 24.0 Å². The normalized spacial score (nSPS) is 10.7. The molecule has 0 atom stereocenters. The van der Waals surface area contributed by atoms with E-state index in [1.807, 2.05) is 24.3 Å². The van der Waals surface area contributed by atoms with Crippen molar-refractivity contribution >= 4 is 35.8 Å². The molecular weight excluding hydrogens is 451 g/mol. The summed E-state index contributed by atoms with van der Waals surface area (Å²) in [5.41, 5.74) is 4.41. The molecule has 2 aromatic carbocycles. The van der Waals surface area contributed by atoms with E-state index in [4.69, 9.17) is 0 Å². The molecule has 2 aromatic rings. The van der Waals surface area contributed by atoms with E-state index in [1.165, 1.54) is 11.1 Å². The van der Waals surface area contributed by atoms with Gasteiger partial charge in [-0.05, 0) is 35.2 Å². The Hall–Kier alpha value is -2.09. The van der Waals surface area contributed by atoms with Gasteiger partial charge in [0.1, 0.15) is 0 Å². The van der Waals surface area contributed by atoms with E-state index >= 15 is 0 Å². The van der Waals surface area contributed by atoms with E-state index in [-0.39, 0.29) is 29.9 Å². The average molecular weight is 480 g/mol. The van der Waals surface area contributed by atoms with Gasteiger partial charge < -0.3 is 15.5 Å². The molecule has 1 amide bonds. The summed E-state index contributed by atoms with van der Waals surface area (Å²) in [6.45, 7) is 3.54. The van der Waals surface area contributed by atoms with Crippen LogP contribution in [0.1, 0.15) is 34.0 Å². The quantitative estimate of drug-likeness (QED) is 0.379. The first-order valence-corrected chi connectivity index (χ1v) is 8.87. The number of carbonyl (C=O) groups is 1. The number of hydrogen-bond donors (Lipinski definition) is 2. The average Bonchev–Trinajstić information content (AvgIpc) is 2.68. The molecule has 0 aromatic heterocycles. The van der Waals surface area contributed by atoms with Crippen LogP contribution in [0.4, 0.5) is 0 Å². The van der Waals surface area contributed by atoms with Gasteiger partial charge >= 0.3 is 0 Å². The second kappa shape index (κ2) is 11.6. The Morgan fingerprint density at radius 2 is 1.56 bits per heavy atom. The molecule has 5 nitrogen and oxygen atoms in total. The Morgan fingerprint density at radius 3 is 2.11 bits per heavy atom. The van der Waals surface area contributed by atoms with Crippen LogP contribution in [0.3, 0.4) is 0 Å². The van der Waals surface area contributed by atoms with Crippen molar-refractivity contribution in [1.82, 2.24) is 15.5 Å². The number of carbonyl (C=O) groups excluding carboxylic acids is 1. The maximum Gasteiger partial charge on any atom is 0.253 e. The minimum Gasteiger partial charge on any atom is -0.352 e. The summed E-state index contributed by atoms with van der Waals surface area (Å²) in [6.07, 6.45) is 1.02. The zero-order valence-electron chi connectivity index (χ0n) is 16.5. The van der Waals surface area contributed by atoms with Gasteiger partial charge in [0.2, 0.25) is 0 Å². The van der Waals surface area contributed by atoms with Gasteiger partial charge in [-0.2, -0.15) is 0 Å². The molecule has 0 aliphatic carbocycles. The number of rotatable bonds is 6.